The predicted octanol–water partition coefficient (Wildman–Crippen LogP) is 2.38. The first-order valence-electron chi connectivity index (χ1n) is 7.90. The molecule has 1 saturated carbocycles. The number of rotatable bonds is 6. The maximum Gasteiger partial charge on any atom is 0.404 e. The van der Waals surface area contributed by atoms with E-state index in [1.165, 1.54) is 13.2 Å². The molecule has 0 atom stereocenters. The smallest absolute Gasteiger partial charge is 0.404 e. The number of aromatic nitrogens is 1. The van der Waals surface area contributed by atoms with Crippen LogP contribution in [0, 0.1) is 11.8 Å². The summed E-state index contributed by atoms with van der Waals surface area (Å²) >= 11 is 5.87. The number of methoxy groups -OCH3 is 1. The van der Waals surface area contributed by atoms with Crippen molar-refractivity contribution in [3.8, 4) is 5.88 Å². The van der Waals surface area contributed by atoms with E-state index in [-0.39, 0.29) is 11.1 Å². The number of hydrogen-bond donors (Lipinski definition) is 2. The monoisotopic (exact) mass is 355 g/mol. The standard InChI is InChI=1S/C16H22ClN3O4/c1-23-14-7-12(6-13(17)20-14)15(21)19-8-10-2-4-11(5-3-10)9-24-16(18)22/h6-7,10-11H,2-5,8-9H2,1H3,(H2,18,22)(H,19,21). The summed E-state index contributed by atoms with van der Waals surface area (Å²) in [6, 6.07) is 3.07. The second-order valence-electron chi connectivity index (χ2n) is 5.95. The van der Waals surface area contributed by atoms with E-state index < -0.39 is 6.09 Å². The number of hydrogen-bond acceptors (Lipinski definition) is 5. The summed E-state index contributed by atoms with van der Waals surface area (Å²) in [4.78, 5) is 26.8. The molecular weight excluding hydrogens is 334 g/mol. The van der Waals surface area contributed by atoms with E-state index in [2.05, 4.69) is 10.3 Å². The molecule has 0 aliphatic heterocycles. The molecule has 3 N–H and O–H groups in total. The Morgan fingerprint density at radius 3 is 2.58 bits per heavy atom. The average molecular weight is 356 g/mol. The van der Waals surface area contributed by atoms with Crippen LogP contribution < -0.4 is 15.8 Å². The van der Waals surface area contributed by atoms with Gasteiger partial charge in [0.25, 0.3) is 5.91 Å². The number of carbonyl (C=O) groups is 2. The fourth-order valence-electron chi connectivity index (χ4n) is 2.85. The van der Waals surface area contributed by atoms with Crippen LogP contribution in [0.4, 0.5) is 4.79 Å². The molecule has 1 fully saturated rings. The van der Waals surface area contributed by atoms with Gasteiger partial charge in [-0.3, -0.25) is 4.79 Å². The number of pyridine rings is 1. The lowest BCUT2D eigenvalue weighted by Crippen LogP contribution is -2.32. The molecule has 132 valence electrons. The number of amides is 2. The molecule has 8 heteroatoms. The van der Waals surface area contributed by atoms with E-state index in [0.717, 1.165) is 25.7 Å². The van der Waals surface area contributed by atoms with Crippen LogP contribution >= 0.6 is 11.6 Å². The van der Waals surface area contributed by atoms with Crippen molar-refractivity contribution in [2.24, 2.45) is 17.6 Å². The molecular formula is C16H22ClN3O4. The zero-order chi connectivity index (χ0) is 17.5. The summed E-state index contributed by atoms with van der Waals surface area (Å²) in [5.74, 6) is 0.880. The highest BCUT2D eigenvalue weighted by Crippen LogP contribution is 2.28. The molecule has 2 amide bonds. The quantitative estimate of drug-likeness (QED) is 0.762. The van der Waals surface area contributed by atoms with Crippen molar-refractivity contribution in [2.45, 2.75) is 25.7 Å². The van der Waals surface area contributed by atoms with Gasteiger partial charge in [-0.05, 0) is 43.6 Å². The second kappa shape index (κ2) is 8.73. The maximum atomic E-state index is 12.2. The molecule has 1 aromatic heterocycles. The lowest BCUT2D eigenvalue weighted by Gasteiger charge is -2.28. The van der Waals surface area contributed by atoms with E-state index >= 15 is 0 Å². The molecule has 1 heterocycles. The minimum Gasteiger partial charge on any atom is -0.481 e. The van der Waals surface area contributed by atoms with Gasteiger partial charge < -0.3 is 20.5 Å². The van der Waals surface area contributed by atoms with Crippen LogP contribution in [0.2, 0.25) is 5.15 Å². The Labute approximate surface area is 145 Å². The molecule has 0 aromatic carbocycles. The van der Waals surface area contributed by atoms with Crippen molar-refractivity contribution < 1.29 is 19.1 Å². The first kappa shape index (κ1) is 18.3. The highest BCUT2D eigenvalue weighted by Gasteiger charge is 2.22. The first-order chi connectivity index (χ1) is 11.5. The Kier molecular flexibility index (Phi) is 6.66. The summed E-state index contributed by atoms with van der Waals surface area (Å²) in [5, 5.41) is 3.14. The zero-order valence-corrected chi connectivity index (χ0v) is 14.3. The molecule has 0 unspecified atom stereocenters. The molecule has 1 aliphatic rings. The van der Waals surface area contributed by atoms with Gasteiger partial charge in [-0.2, -0.15) is 0 Å². The number of primary amides is 1. The van der Waals surface area contributed by atoms with Gasteiger partial charge in [-0.15, -0.1) is 0 Å². The Bertz CT molecular complexity index is 589. The summed E-state index contributed by atoms with van der Waals surface area (Å²) in [6.45, 7) is 0.980. The van der Waals surface area contributed by atoms with Crippen molar-refractivity contribution in [1.29, 1.82) is 0 Å². The van der Waals surface area contributed by atoms with Crippen LogP contribution in [0.5, 0.6) is 5.88 Å². The fraction of sp³-hybridized carbons (Fsp3) is 0.562. The molecule has 1 aliphatic carbocycles. The van der Waals surface area contributed by atoms with Crippen molar-refractivity contribution in [2.75, 3.05) is 20.3 Å². The minimum absolute atomic E-state index is 0.197. The normalized spacial score (nSPS) is 20.2. The number of nitrogens with zero attached hydrogens (tertiary/aromatic N) is 1. The molecule has 2 rings (SSSR count). The van der Waals surface area contributed by atoms with Crippen molar-refractivity contribution in [3.63, 3.8) is 0 Å². The number of nitrogens with one attached hydrogen (secondary N) is 1. The van der Waals surface area contributed by atoms with Crippen molar-refractivity contribution in [3.05, 3.63) is 22.8 Å². The zero-order valence-electron chi connectivity index (χ0n) is 13.6. The molecule has 1 aromatic rings. The second-order valence-corrected chi connectivity index (χ2v) is 6.33. The van der Waals surface area contributed by atoms with Gasteiger partial charge in [0, 0.05) is 18.2 Å². The SMILES string of the molecule is COc1cc(C(=O)NCC2CCC(COC(N)=O)CC2)cc(Cl)n1. The number of ether oxygens (including phenoxy) is 2. The largest absolute Gasteiger partial charge is 0.481 e. The Morgan fingerprint density at radius 2 is 1.96 bits per heavy atom. The van der Waals surface area contributed by atoms with Crippen LogP contribution in [-0.2, 0) is 4.74 Å². The topological polar surface area (TPSA) is 104 Å². The lowest BCUT2D eigenvalue weighted by atomic mass is 9.82. The third-order valence-electron chi connectivity index (χ3n) is 4.22. The number of carbonyl (C=O) groups excluding carboxylic acids is 2. The molecule has 0 bridgehead atoms. The van der Waals surface area contributed by atoms with Crippen LogP contribution in [0.3, 0.4) is 0 Å². The fourth-order valence-corrected chi connectivity index (χ4v) is 3.05. The Morgan fingerprint density at radius 1 is 1.29 bits per heavy atom. The molecule has 0 radical (unpaired) electrons. The van der Waals surface area contributed by atoms with E-state index in [1.54, 1.807) is 6.07 Å². The van der Waals surface area contributed by atoms with E-state index in [1.807, 2.05) is 0 Å². The summed E-state index contributed by atoms with van der Waals surface area (Å²) in [5.41, 5.74) is 5.40. The average Bonchev–Trinajstić information content (AvgIpc) is 2.58. The van der Waals surface area contributed by atoms with Crippen molar-refractivity contribution >= 4 is 23.6 Å². The Hall–Kier alpha value is -2.02. The first-order valence-corrected chi connectivity index (χ1v) is 8.27. The van der Waals surface area contributed by atoms with Crippen LogP contribution in [0.1, 0.15) is 36.0 Å². The van der Waals surface area contributed by atoms with E-state index in [9.17, 15) is 9.59 Å². The van der Waals surface area contributed by atoms with Crippen molar-refractivity contribution in [1.82, 2.24) is 10.3 Å². The van der Waals surface area contributed by atoms with Gasteiger partial charge in [0.2, 0.25) is 5.88 Å². The predicted molar refractivity (Wildman–Crippen MR) is 89.1 cm³/mol. The number of nitrogens with two attached hydrogens (primary N) is 1. The minimum atomic E-state index is -0.726. The highest BCUT2D eigenvalue weighted by molar-refractivity contribution is 6.29. The van der Waals surface area contributed by atoms with Crippen LogP contribution in [0.25, 0.3) is 0 Å². The summed E-state index contributed by atoms with van der Waals surface area (Å²) in [7, 11) is 1.47. The van der Waals surface area contributed by atoms with Gasteiger partial charge in [0.15, 0.2) is 0 Å². The Balaban J connectivity index is 1.77. The number of halogens is 1. The van der Waals surface area contributed by atoms with Crippen LogP contribution in [-0.4, -0.2) is 37.2 Å². The van der Waals surface area contributed by atoms with Gasteiger partial charge >= 0.3 is 6.09 Å². The van der Waals surface area contributed by atoms with Gasteiger partial charge in [-0.1, -0.05) is 11.6 Å². The van der Waals surface area contributed by atoms with Gasteiger partial charge in [0.05, 0.1) is 13.7 Å². The van der Waals surface area contributed by atoms with E-state index in [0.29, 0.717) is 36.4 Å². The van der Waals surface area contributed by atoms with Crippen LogP contribution in [0.15, 0.2) is 12.1 Å². The van der Waals surface area contributed by atoms with E-state index in [4.69, 9.17) is 26.8 Å². The lowest BCUT2D eigenvalue weighted by molar-refractivity contribution is 0.0928. The molecule has 7 nitrogen and oxygen atoms in total. The van der Waals surface area contributed by atoms with Gasteiger partial charge in [-0.25, -0.2) is 9.78 Å². The van der Waals surface area contributed by atoms with Gasteiger partial charge in [0.1, 0.15) is 5.15 Å². The third-order valence-corrected chi connectivity index (χ3v) is 4.41. The summed E-state index contributed by atoms with van der Waals surface area (Å²) < 4.78 is 9.86. The molecule has 24 heavy (non-hydrogen) atoms. The molecule has 0 spiro atoms. The summed E-state index contributed by atoms with van der Waals surface area (Å²) in [6.07, 6.45) is 3.16. The molecule has 0 saturated heterocycles. The highest BCUT2D eigenvalue weighted by atomic mass is 35.5. The third kappa shape index (κ3) is 5.56. The maximum absolute atomic E-state index is 12.2.